The van der Waals surface area contributed by atoms with Crippen molar-refractivity contribution in [2.45, 2.75) is 13.0 Å². The smallest absolute Gasteiger partial charge is 0.267 e. The van der Waals surface area contributed by atoms with Gasteiger partial charge in [-0.05, 0) is 36.9 Å². The van der Waals surface area contributed by atoms with E-state index in [1.54, 1.807) is 11.3 Å². The second-order valence-corrected chi connectivity index (χ2v) is 8.61. The highest BCUT2D eigenvalue weighted by Gasteiger charge is 2.20. The molecule has 25 heavy (non-hydrogen) atoms. The number of amides is 1. The van der Waals surface area contributed by atoms with Gasteiger partial charge >= 0.3 is 0 Å². The lowest BCUT2D eigenvalue weighted by Crippen LogP contribution is -2.25. The first-order valence-electron chi connectivity index (χ1n) is 7.93. The van der Waals surface area contributed by atoms with Gasteiger partial charge in [-0.25, -0.2) is 4.98 Å². The van der Waals surface area contributed by atoms with Crippen LogP contribution < -0.4 is 5.32 Å². The summed E-state index contributed by atoms with van der Waals surface area (Å²) in [5, 5.41) is 4.34. The molecule has 1 aromatic carbocycles. The lowest BCUT2D eigenvalue weighted by molar-refractivity contribution is 0.103. The number of thiophene rings is 1. The Balaban J connectivity index is 1.49. The molecule has 0 aliphatic carbocycles. The minimum Gasteiger partial charge on any atom is -0.301 e. The van der Waals surface area contributed by atoms with Crippen LogP contribution in [0.4, 0.5) is 5.13 Å². The van der Waals surface area contributed by atoms with Crippen LogP contribution in [0, 0.1) is 0 Å². The van der Waals surface area contributed by atoms with Crippen LogP contribution in [0.2, 0.25) is 5.02 Å². The van der Waals surface area contributed by atoms with Crippen LogP contribution in [0.1, 0.15) is 20.2 Å². The largest absolute Gasteiger partial charge is 0.301 e. The van der Waals surface area contributed by atoms with Crippen LogP contribution in [-0.2, 0) is 13.0 Å². The number of carbonyl (C=O) groups excluding carboxylic acids is 1. The van der Waals surface area contributed by atoms with Crippen molar-refractivity contribution in [2.75, 3.05) is 18.9 Å². The average Bonchev–Trinajstić information content (AvgIpc) is 3.21. The fraction of sp³-hybridized carbons (Fsp3) is 0.222. The molecule has 1 aliphatic heterocycles. The highest BCUT2D eigenvalue weighted by atomic mass is 35.5. The molecule has 1 amide bonds. The Morgan fingerprint density at radius 3 is 2.80 bits per heavy atom. The van der Waals surface area contributed by atoms with Crippen molar-refractivity contribution in [3.8, 4) is 10.4 Å². The minimum atomic E-state index is -0.107. The molecular weight excluding hydrogens is 374 g/mol. The number of thiazole rings is 1. The van der Waals surface area contributed by atoms with Crippen molar-refractivity contribution in [1.82, 2.24) is 9.88 Å². The summed E-state index contributed by atoms with van der Waals surface area (Å²) in [4.78, 5) is 22.3. The van der Waals surface area contributed by atoms with Gasteiger partial charge in [0.2, 0.25) is 0 Å². The molecule has 3 heterocycles. The van der Waals surface area contributed by atoms with E-state index in [-0.39, 0.29) is 5.91 Å². The summed E-state index contributed by atoms with van der Waals surface area (Å²) in [6.45, 7) is 1.92. The van der Waals surface area contributed by atoms with Crippen LogP contribution in [0.5, 0.6) is 0 Å². The Hall–Kier alpha value is -1.73. The number of anilines is 1. The van der Waals surface area contributed by atoms with Gasteiger partial charge in [0.25, 0.3) is 5.91 Å². The number of likely N-dealkylation sites (N-methyl/N-ethyl adjacent to an activating group) is 1. The number of carbonyl (C=O) groups is 1. The average molecular weight is 390 g/mol. The van der Waals surface area contributed by atoms with Gasteiger partial charge in [-0.15, -0.1) is 22.7 Å². The van der Waals surface area contributed by atoms with E-state index in [4.69, 9.17) is 11.6 Å². The number of nitrogens with one attached hydrogen (secondary N) is 1. The SMILES string of the molecule is CN1CCc2nc(NC(=O)c3ccc(-c4ccc(Cl)cc4)s3)sc2C1. The molecule has 0 fully saturated rings. The predicted molar refractivity (Wildman–Crippen MR) is 105 cm³/mol. The zero-order valence-corrected chi connectivity index (χ0v) is 16.0. The van der Waals surface area contributed by atoms with Crippen LogP contribution in [-0.4, -0.2) is 29.4 Å². The van der Waals surface area contributed by atoms with Crippen LogP contribution >= 0.6 is 34.3 Å². The summed E-state index contributed by atoms with van der Waals surface area (Å²) in [5.41, 5.74) is 2.17. The predicted octanol–water partition coefficient (Wildman–Crippen LogP) is 4.77. The van der Waals surface area contributed by atoms with Crippen molar-refractivity contribution in [1.29, 1.82) is 0 Å². The Labute approximate surface area is 159 Å². The van der Waals surface area contributed by atoms with E-state index >= 15 is 0 Å². The number of halogens is 1. The van der Waals surface area contributed by atoms with Gasteiger partial charge in [-0.3, -0.25) is 10.1 Å². The zero-order valence-electron chi connectivity index (χ0n) is 13.6. The van der Waals surface area contributed by atoms with E-state index in [9.17, 15) is 4.79 Å². The topological polar surface area (TPSA) is 45.2 Å². The van der Waals surface area contributed by atoms with Crippen LogP contribution in [0.3, 0.4) is 0 Å². The summed E-state index contributed by atoms with van der Waals surface area (Å²) in [7, 11) is 2.10. The van der Waals surface area contributed by atoms with Gasteiger partial charge in [-0.1, -0.05) is 23.7 Å². The second kappa shape index (κ2) is 6.88. The molecule has 4 nitrogen and oxygen atoms in total. The van der Waals surface area contributed by atoms with Crippen LogP contribution in [0.15, 0.2) is 36.4 Å². The van der Waals surface area contributed by atoms with Crippen molar-refractivity contribution in [2.24, 2.45) is 0 Å². The molecule has 1 aliphatic rings. The first-order chi connectivity index (χ1) is 12.1. The molecule has 0 bridgehead atoms. The quantitative estimate of drug-likeness (QED) is 0.702. The van der Waals surface area contributed by atoms with Crippen molar-refractivity contribution >= 4 is 45.3 Å². The molecule has 1 N–H and O–H groups in total. The molecule has 0 radical (unpaired) electrons. The Kier molecular flexibility index (Phi) is 4.60. The van der Waals surface area contributed by atoms with Gasteiger partial charge in [0.1, 0.15) is 0 Å². The van der Waals surface area contributed by atoms with E-state index in [0.717, 1.165) is 35.6 Å². The number of benzene rings is 1. The Morgan fingerprint density at radius 2 is 2.00 bits per heavy atom. The Morgan fingerprint density at radius 1 is 1.20 bits per heavy atom. The molecule has 0 saturated heterocycles. The minimum absolute atomic E-state index is 0.107. The van der Waals surface area contributed by atoms with Gasteiger partial charge < -0.3 is 4.90 Å². The molecule has 0 saturated carbocycles. The number of fused-ring (bicyclic) bond motifs is 1. The van der Waals surface area contributed by atoms with Crippen molar-refractivity contribution < 1.29 is 4.79 Å². The van der Waals surface area contributed by atoms with Gasteiger partial charge in [-0.2, -0.15) is 0 Å². The lowest BCUT2D eigenvalue weighted by Gasteiger charge is -2.20. The molecule has 0 atom stereocenters. The number of rotatable bonds is 3. The molecule has 0 unspecified atom stereocenters. The maximum Gasteiger partial charge on any atom is 0.267 e. The highest BCUT2D eigenvalue weighted by Crippen LogP contribution is 2.31. The fourth-order valence-electron chi connectivity index (χ4n) is 2.76. The van der Waals surface area contributed by atoms with E-state index in [1.165, 1.54) is 16.2 Å². The third-order valence-corrected chi connectivity index (χ3v) is 6.48. The second-order valence-electron chi connectivity index (χ2n) is 6.00. The number of hydrogen-bond donors (Lipinski definition) is 1. The maximum atomic E-state index is 12.5. The van der Waals surface area contributed by atoms with Gasteiger partial charge in [0.15, 0.2) is 5.13 Å². The normalized spacial score (nSPS) is 14.3. The lowest BCUT2D eigenvalue weighted by atomic mass is 10.2. The number of aromatic nitrogens is 1. The number of nitrogens with zero attached hydrogens (tertiary/aromatic N) is 2. The third kappa shape index (κ3) is 3.62. The first-order valence-corrected chi connectivity index (χ1v) is 9.94. The van der Waals surface area contributed by atoms with Crippen LogP contribution in [0.25, 0.3) is 10.4 Å². The monoisotopic (exact) mass is 389 g/mol. The summed E-state index contributed by atoms with van der Waals surface area (Å²) in [5.74, 6) is -0.107. The summed E-state index contributed by atoms with van der Waals surface area (Å²) < 4.78 is 0. The van der Waals surface area contributed by atoms with E-state index < -0.39 is 0 Å². The molecule has 3 aromatic rings. The van der Waals surface area contributed by atoms with E-state index in [2.05, 4.69) is 22.2 Å². The summed E-state index contributed by atoms with van der Waals surface area (Å²) >= 11 is 8.97. The summed E-state index contributed by atoms with van der Waals surface area (Å²) in [6, 6.07) is 11.4. The molecule has 7 heteroatoms. The van der Waals surface area contributed by atoms with Crippen molar-refractivity contribution in [3.05, 3.63) is 56.9 Å². The first kappa shape index (κ1) is 16.7. The van der Waals surface area contributed by atoms with E-state index in [1.807, 2.05) is 36.4 Å². The summed E-state index contributed by atoms with van der Waals surface area (Å²) in [6.07, 6.45) is 0.942. The number of hydrogen-bond acceptors (Lipinski definition) is 5. The van der Waals surface area contributed by atoms with Gasteiger partial charge in [0, 0.05) is 34.3 Å². The Bertz CT molecular complexity index is 917. The van der Waals surface area contributed by atoms with Gasteiger partial charge in [0.05, 0.1) is 10.6 Å². The maximum absolute atomic E-state index is 12.5. The standard InChI is InChI=1S/C18H16ClN3OS2/c1-22-9-8-13-16(10-22)25-18(20-13)21-17(23)15-7-6-14(24-15)11-2-4-12(19)5-3-11/h2-7H,8-10H2,1H3,(H,20,21,23). The third-order valence-electron chi connectivity index (χ3n) is 4.10. The molecule has 2 aromatic heterocycles. The zero-order chi connectivity index (χ0) is 17.4. The van der Waals surface area contributed by atoms with E-state index in [0.29, 0.717) is 15.0 Å². The molecule has 4 rings (SSSR count). The molecule has 128 valence electrons. The molecule has 0 spiro atoms. The van der Waals surface area contributed by atoms with Crippen molar-refractivity contribution in [3.63, 3.8) is 0 Å². The fourth-order valence-corrected chi connectivity index (χ4v) is 4.88. The highest BCUT2D eigenvalue weighted by molar-refractivity contribution is 7.18. The molecular formula is C18H16ClN3OS2.